The molecular weight excluding hydrogens is 370 g/mol. The fourth-order valence-electron chi connectivity index (χ4n) is 3.44. The summed E-state index contributed by atoms with van der Waals surface area (Å²) in [6, 6.07) is 8.96. The summed E-state index contributed by atoms with van der Waals surface area (Å²) in [5.41, 5.74) is 3.84. The molecule has 0 spiro atoms. The van der Waals surface area contributed by atoms with Crippen molar-refractivity contribution in [1.29, 1.82) is 0 Å². The van der Waals surface area contributed by atoms with Crippen molar-refractivity contribution in [1.82, 2.24) is 4.90 Å². The van der Waals surface area contributed by atoms with Crippen molar-refractivity contribution in [2.24, 2.45) is 0 Å². The number of aryl methyl sites for hydroxylation is 3. The molecule has 0 aliphatic carbocycles. The highest BCUT2D eigenvalue weighted by Gasteiger charge is 2.41. The summed E-state index contributed by atoms with van der Waals surface area (Å²) in [5.74, 6) is -2.21. The lowest BCUT2D eigenvalue weighted by Crippen LogP contribution is -2.45. The number of hydrogen-bond donors (Lipinski definition) is 0. The van der Waals surface area contributed by atoms with Crippen LogP contribution in [0.3, 0.4) is 0 Å². The van der Waals surface area contributed by atoms with Crippen LogP contribution < -0.4 is 0 Å². The number of amides is 2. The van der Waals surface area contributed by atoms with Gasteiger partial charge < -0.3 is 4.74 Å². The predicted octanol–water partition coefficient (Wildman–Crippen LogP) is 3.41. The molecule has 29 heavy (non-hydrogen) atoms. The van der Waals surface area contributed by atoms with Gasteiger partial charge in [0.15, 0.2) is 6.10 Å². The Morgan fingerprint density at radius 1 is 0.862 bits per heavy atom. The van der Waals surface area contributed by atoms with Gasteiger partial charge >= 0.3 is 5.97 Å². The van der Waals surface area contributed by atoms with Crippen LogP contribution in [-0.4, -0.2) is 40.6 Å². The summed E-state index contributed by atoms with van der Waals surface area (Å²) in [4.78, 5) is 51.4. The number of nitrogens with zero attached hydrogens (tertiary/aromatic N) is 1. The van der Waals surface area contributed by atoms with E-state index in [2.05, 4.69) is 0 Å². The highest BCUT2D eigenvalue weighted by molar-refractivity contribution is 6.22. The molecule has 0 bridgehead atoms. The molecule has 0 saturated carbocycles. The number of ether oxygens (including phenoxy) is 1. The molecule has 1 aliphatic heterocycles. The minimum atomic E-state index is -1.14. The number of carbonyl (C=O) groups is 4. The van der Waals surface area contributed by atoms with Crippen LogP contribution in [0.2, 0.25) is 0 Å². The van der Waals surface area contributed by atoms with Gasteiger partial charge in [-0.25, -0.2) is 4.79 Å². The zero-order valence-corrected chi connectivity index (χ0v) is 17.1. The molecule has 6 nitrogen and oxygen atoms in total. The third-order valence-electron chi connectivity index (χ3n) is 5.32. The first-order valence-electron chi connectivity index (χ1n) is 9.43. The number of benzene rings is 2. The van der Waals surface area contributed by atoms with Gasteiger partial charge in [0.2, 0.25) is 5.78 Å². The van der Waals surface area contributed by atoms with Crippen molar-refractivity contribution in [2.75, 3.05) is 0 Å². The second-order valence-corrected chi connectivity index (χ2v) is 7.40. The van der Waals surface area contributed by atoms with E-state index in [1.165, 1.54) is 13.8 Å². The van der Waals surface area contributed by atoms with Crippen molar-refractivity contribution in [3.63, 3.8) is 0 Å². The number of fused-ring (bicyclic) bond motifs is 1. The normalized spacial score (nSPS) is 15.1. The largest absolute Gasteiger partial charge is 0.453 e. The molecule has 0 N–H and O–H groups in total. The Balaban J connectivity index is 1.75. The van der Waals surface area contributed by atoms with E-state index >= 15 is 0 Å². The number of rotatable bonds is 5. The van der Waals surface area contributed by atoms with Crippen LogP contribution in [0.4, 0.5) is 0 Å². The molecule has 0 fully saturated rings. The minimum absolute atomic E-state index is 0.257. The Bertz CT molecular complexity index is 1000. The number of esters is 1. The number of hydrogen-bond acceptors (Lipinski definition) is 5. The highest BCUT2D eigenvalue weighted by Crippen LogP contribution is 2.25. The first-order valence-corrected chi connectivity index (χ1v) is 9.43. The van der Waals surface area contributed by atoms with E-state index in [0.29, 0.717) is 5.56 Å². The van der Waals surface area contributed by atoms with Crippen molar-refractivity contribution < 1.29 is 23.9 Å². The quantitative estimate of drug-likeness (QED) is 0.442. The predicted molar refractivity (Wildman–Crippen MR) is 107 cm³/mol. The highest BCUT2D eigenvalue weighted by atomic mass is 16.5. The molecule has 150 valence electrons. The molecule has 1 aliphatic rings. The molecule has 0 aromatic heterocycles. The van der Waals surface area contributed by atoms with Crippen LogP contribution >= 0.6 is 0 Å². The van der Waals surface area contributed by atoms with E-state index in [9.17, 15) is 19.2 Å². The van der Waals surface area contributed by atoms with Crippen molar-refractivity contribution in [3.05, 3.63) is 69.8 Å². The molecule has 0 radical (unpaired) electrons. The standard InChI is InChI=1S/C23H23NO5/c1-12-10-14(3)19(11-13(12)2)20(25)16(5)29-23(28)15(4)24-21(26)17-8-6-7-9-18(17)22(24)27/h6-11,15-16H,1-5H3/t15-,16-/m1/s1. The molecule has 2 aromatic carbocycles. The van der Waals surface area contributed by atoms with Crippen LogP contribution in [0.1, 0.15) is 61.6 Å². The van der Waals surface area contributed by atoms with Gasteiger partial charge in [-0.1, -0.05) is 18.2 Å². The van der Waals surface area contributed by atoms with E-state index in [-0.39, 0.29) is 16.9 Å². The lowest BCUT2D eigenvalue weighted by atomic mass is 9.96. The third kappa shape index (κ3) is 3.58. The number of carbonyl (C=O) groups excluding carboxylic acids is 4. The lowest BCUT2D eigenvalue weighted by Gasteiger charge is -2.23. The molecular formula is C23H23NO5. The average molecular weight is 393 g/mol. The summed E-state index contributed by atoms with van der Waals surface area (Å²) >= 11 is 0. The monoisotopic (exact) mass is 393 g/mol. The van der Waals surface area contributed by atoms with Crippen molar-refractivity contribution in [2.45, 2.75) is 46.8 Å². The summed E-state index contributed by atoms with van der Waals surface area (Å²) in [6.07, 6.45) is -1.04. The first-order chi connectivity index (χ1) is 13.6. The zero-order valence-electron chi connectivity index (χ0n) is 17.1. The van der Waals surface area contributed by atoms with Gasteiger partial charge in [0.25, 0.3) is 11.8 Å². The van der Waals surface area contributed by atoms with Crippen LogP contribution in [0.15, 0.2) is 36.4 Å². The van der Waals surface area contributed by atoms with Crippen LogP contribution in [0.5, 0.6) is 0 Å². The first kappa shape index (κ1) is 20.5. The molecule has 0 unspecified atom stereocenters. The topological polar surface area (TPSA) is 80.8 Å². The maximum Gasteiger partial charge on any atom is 0.329 e. The fraction of sp³-hybridized carbons (Fsp3) is 0.304. The molecule has 6 heteroatoms. The number of ketones is 1. The Kier molecular flexibility index (Phi) is 5.38. The summed E-state index contributed by atoms with van der Waals surface area (Å²) in [5, 5.41) is 0. The van der Waals surface area contributed by atoms with E-state index in [1.807, 2.05) is 26.8 Å². The average Bonchev–Trinajstić information content (AvgIpc) is 2.94. The zero-order chi connectivity index (χ0) is 21.5. The SMILES string of the molecule is Cc1cc(C)c(C(=O)[C@@H](C)OC(=O)[C@@H](C)N2C(=O)c3ccccc3C2=O)cc1C. The minimum Gasteiger partial charge on any atom is -0.453 e. The molecule has 0 saturated heterocycles. The van der Waals surface area contributed by atoms with E-state index < -0.39 is 29.9 Å². The lowest BCUT2D eigenvalue weighted by molar-refractivity contribution is -0.150. The maximum absolute atomic E-state index is 12.8. The van der Waals surface area contributed by atoms with Gasteiger partial charge in [-0.05, 0) is 69.5 Å². The van der Waals surface area contributed by atoms with Gasteiger partial charge in [0.1, 0.15) is 6.04 Å². The smallest absolute Gasteiger partial charge is 0.329 e. The molecule has 2 aromatic rings. The van der Waals surface area contributed by atoms with Gasteiger partial charge in [-0.2, -0.15) is 0 Å². The van der Waals surface area contributed by atoms with Crippen molar-refractivity contribution >= 4 is 23.6 Å². The van der Waals surface area contributed by atoms with Crippen molar-refractivity contribution in [3.8, 4) is 0 Å². The summed E-state index contributed by atoms with van der Waals surface area (Å²) in [7, 11) is 0. The van der Waals surface area contributed by atoms with Gasteiger partial charge in [-0.15, -0.1) is 0 Å². The Labute approximate surface area is 169 Å². The Hall–Kier alpha value is -3.28. The van der Waals surface area contributed by atoms with Crippen LogP contribution in [-0.2, 0) is 9.53 Å². The summed E-state index contributed by atoms with van der Waals surface area (Å²) in [6.45, 7) is 8.61. The Morgan fingerprint density at radius 3 is 1.93 bits per heavy atom. The van der Waals surface area contributed by atoms with Gasteiger partial charge in [0, 0.05) is 5.56 Å². The second-order valence-electron chi connectivity index (χ2n) is 7.40. The number of imide groups is 1. The summed E-state index contributed by atoms with van der Waals surface area (Å²) < 4.78 is 5.33. The number of Topliss-reactive ketones (excluding diaryl/α,β-unsaturated/α-hetero) is 1. The van der Waals surface area contributed by atoms with Crippen LogP contribution in [0, 0.1) is 20.8 Å². The van der Waals surface area contributed by atoms with E-state index in [1.54, 1.807) is 30.3 Å². The second kappa shape index (κ2) is 7.62. The van der Waals surface area contributed by atoms with Crippen LogP contribution in [0.25, 0.3) is 0 Å². The molecule has 2 amide bonds. The van der Waals surface area contributed by atoms with Gasteiger partial charge in [0.05, 0.1) is 11.1 Å². The maximum atomic E-state index is 12.8. The molecule has 3 rings (SSSR count). The molecule has 2 atom stereocenters. The van der Waals surface area contributed by atoms with Gasteiger partial charge in [-0.3, -0.25) is 19.3 Å². The third-order valence-corrected chi connectivity index (χ3v) is 5.32. The molecule has 1 heterocycles. The Morgan fingerprint density at radius 2 is 1.38 bits per heavy atom. The van der Waals surface area contributed by atoms with E-state index in [0.717, 1.165) is 21.6 Å². The van der Waals surface area contributed by atoms with E-state index in [4.69, 9.17) is 4.74 Å². The fourth-order valence-corrected chi connectivity index (χ4v) is 3.44.